The molecule has 0 aromatic carbocycles. The maximum absolute atomic E-state index is 13.2. The molecule has 1 rings (SSSR count). The molecule has 0 spiro atoms. The summed E-state index contributed by atoms with van der Waals surface area (Å²) in [5.74, 6) is -0.0833. The first kappa shape index (κ1) is 9.70. The Balaban J connectivity index is 3.22. The third-order valence-corrected chi connectivity index (χ3v) is 1.57. The predicted molar refractivity (Wildman–Crippen MR) is 47.6 cm³/mol. The highest BCUT2D eigenvalue weighted by Gasteiger charge is 2.12. The summed E-state index contributed by atoms with van der Waals surface area (Å²) in [5, 5.41) is 0. The van der Waals surface area contributed by atoms with Crippen molar-refractivity contribution in [3.05, 3.63) is 11.5 Å². The maximum Gasteiger partial charge on any atom is 0.255 e. The number of hydrogen-bond acceptors (Lipinski definition) is 4. The Morgan fingerprint density at radius 1 is 1.31 bits per heavy atom. The summed E-state index contributed by atoms with van der Waals surface area (Å²) in [7, 11) is 4.95. The number of nitrogens with zero attached hydrogens (tertiary/aromatic N) is 3. The van der Waals surface area contributed by atoms with Crippen molar-refractivity contribution in [2.24, 2.45) is 0 Å². The fourth-order valence-electron chi connectivity index (χ4n) is 0.854. The predicted octanol–water partition coefficient (Wildman–Crippen LogP) is 0.999. The van der Waals surface area contributed by atoms with Crippen LogP contribution in [0.5, 0.6) is 5.88 Å². The second-order valence-electron chi connectivity index (χ2n) is 2.83. The lowest BCUT2D eigenvalue weighted by Crippen LogP contribution is -2.14. The highest BCUT2D eigenvalue weighted by atomic mass is 19.1. The van der Waals surface area contributed by atoms with Crippen LogP contribution in [-0.2, 0) is 0 Å². The molecule has 0 aliphatic carbocycles. The number of hydrogen-bond donors (Lipinski definition) is 0. The van der Waals surface area contributed by atoms with Crippen molar-refractivity contribution in [1.82, 2.24) is 9.97 Å². The molecule has 4 nitrogen and oxygen atoms in total. The SMILES string of the molecule is COc1nc(N(C)C)nc(C)c1F. The fourth-order valence-corrected chi connectivity index (χ4v) is 0.854. The number of halogens is 1. The first-order chi connectivity index (χ1) is 6.06. The average molecular weight is 185 g/mol. The van der Waals surface area contributed by atoms with Gasteiger partial charge >= 0.3 is 0 Å². The quantitative estimate of drug-likeness (QED) is 0.689. The minimum absolute atomic E-state index is 0.0174. The van der Waals surface area contributed by atoms with E-state index < -0.39 is 5.82 Å². The molecule has 0 atom stereocenters. The molecular weight excluding hydrogens is 173 g/mol. The van der Waals surface area contributed by atoms with Crippen molar-refractivity contribution in [2.75, 3.05) is 26.1 Å². The zero-order chi connectivity index (χ0) is 10.0. The van der Waals surface area contributed by atoms with E-state index in [-0.39, 0.29) is 11.6 Å². The minimum Gasteiger partial charge on any atom is -0.479 e. The van der Waals surface area contributed by atoms with Crippen molar-refractivity contribution >= 4 is 5.95 Å². The number of rotatable bonds is 2. The van der Waals surface area contributed by atoms with Gasteiger partial charge in [-0.05, 0) is 6.92 Å². The second-order valence-corrected chi connectivity index (χ2v) is 2.83. The molecule has 1 aromatic rings. The molecule has 1 aromatic heterocycles. The molecule has 0 N–H and O–H groups in total. The zero-order valence-electron chi connectivity index (χ0n) is 8.13. The largest absolute Gasteiger partial charge is 0.479 e. The Bertz CT molecular complexity index is 315. The highest BCUT2D eigenvalue weighted by Crippen LogP contribution is 2.18. The van der Waals surface area contributed by atoms with Gasteiger partial charge in [0.15, 0.2) is 0 Å². The first-order valence-electron chi connectivity index (χ1n) is 3.81. The van der Waals surface area contributed by atoms with Crippen molar-refractivity contribution in [1.29, 1.82) is 0 Å². The van der Waals surface area contributed by atoms with Crippen LogP contribution in [0.2, 0.25) is 0 Å². The normalized spacial score (nSPS) is 9.92. The Morgan fingerprint density at radius 3 is 2.38 bits per heavy atom. The fraction of sp³-hybridized carbons (Fsp3) is 0.500. The molecule has 72 valence electrons. The van der Waals surface area contributed by atoms with Crippen molar-refractivity contribution < 1.29 is 9.13 Å². The van der Waals surface area contributed by atoms with E-state index in [9.17, 15) is 4.39 Å². The van der Waals surface area contributed by atoms with Gasteiger partial charge in [0, 0.05) is 14.1 Å². The van der Waals surface area contributed by atoms with E-state index in [1.807, 2.05) is 0 Å². The van der Waals surface area contributed by atoms with Gasteiger partial charge in [-0.25, -0.2) is 4.98 Å². The lowest BCUT2D eigenvalue weighted by Gasteiger charge is -2.12. The smallest absolute Gasteiger partial charge is 0.255 e. The molecule has 0 bridgehead atoms. The number of aryl methyl sites for hydroxylation is 1. The second kappa shape index (κ2) is 3.55. The van der Waals surface area contributed by atoms with Crippen LogP contribution in [0.1, 0.15) is 5.69 Å². The molecule has 1 heterocycles. The van der Waals surface area contributed by atoms with E-state index >= 15 is 0 Å². The number of anilines is 1. The minimum atomic E-state index is -0.506. The molecule has 0 saturated carbocycles. The lowest BCUT2D eigenvalue weighted by molar-refractivity contribution is 0.365. The summed E-state index contributed by atoms with van der Waals surface area (Å²) in [5.41, 5.74) is 0.288. The van der Waals surface area contributed by atoms with Crippen LogP contribution < -0.4 is 9.64 Å². The molecule has 5 heteroatoms. The van der Waals surface area contributed by atoms with Gasteiger partial charge in [-0.1, -0.05) is 0 Å². The van der Waals surface area contributed by atoms with Crippen LogP contribution in [0, 0.1) is 12.7 Å². The summed E-state index contributed by atoms with van der Waals surface area (Å²) in [6.45, 7) is 1.58. The summed E-state index contributed by atoms with van der Waals surface area (Å²) < 4.78 is 17.9. The van der Waals surface area contributed by atoms with E-state index in [0.717, 1.165) is 0 Å². The van der Waals surface area contributed by atoms with Gasteiger partial charge in [-0.15, -0.1) is 0 Å². The van der Waals surface area contributed by atoms with Crippen LogP contribution >= 0.6 is 0 Å². The Morgan fingerprint density at radius 2 is 1.92 bits per heavy atom. The standard InChI is InChI=1S/C8H12FN3O/c1-5-6(9)7(13-4)11-8(10-5)12(2)3/h1-4H3. The Hall–Kier alpha value is -1.39. The summed E-state index contributed by atoms with van der Waals surface area (Å²) in [4.78, 5) is 9.50. The van der Waals surface area contributed by atoms with E-state index in [2.05, 4.69) is 9.97 Å². The van der Waals surface area contributed by atoms with Crippen molar-refractivity contribution in [2.45, 2.75) is 6.92 Å². The van der Waals surface area contributed by atoms with E-state index in [0.29, 0.717) is 5.95 Å². The van der Waals surface area contributed by atoms with Gasteiger partial charge in [-0.3, -0.25) is 0 Å². The van der Waals surface area contributed by atoms with Crippen molar-refractivity contribution in [3.8, 4) is 5.88 Å². The first-order valence-corrected chi connectivity index (χ1v) is 3.81. The number of ether oxygens (including phenoxy) is 1. The third-order valence-electron chi connectivity index (χ3n) is 1.57. The molecule has 0 aliphatic heterocycles. The van der Waals surface area contributed by atoms with Gasteiger partial charge in [0.05, 0.1) is 12.8 Å². The topological polar surface area (TPSA) is 38.2 Å². The highest BCUT2D eigenvalue weighted by molar-refractivity contribution is 5.33. The third kappa shape index (κ3) is 1.85. The van der Waals surface area contributed by atoms with Gasteiger partial charge in [0.1, 0.15) is 0 Å². The molecular formula is C8H12FN3O. The molecule has 13 heavy (non-hydrogen) atoms. The molecule has 0 saturated heterocycles. The van der Waals surface area contributed by atoms with Gasteiger partial charge in [0.2, 0.25) is 11.8 Å². The van der Waals surface area contributed by atoms with E-state index in [4.69, 9.17) is 4.74 Å². The molecule has 0 unspecified atom stereocenters. The van der Waals surface area contributed by atoms with Crippen LogP contribution in [0.25, 0.3) is 0 Å². The number of aromatic nitrogens is 2. The summed E-state index contributed by atoms with van der Waals surface area (Å²) in [6, 6.07) is 0. The Labute approximate surface area is 76.4 Å². The van der Waals surface area contributed by atoms with E-state index in [1.165, 1.54) is 7.11 Å². The van der Waals surface area contributed by atoms with Crippen LogP contribution in [0.15, 0.2) is 0 Å². The van der Waals surface area contributed by atoms with Crippen LogP contribution in [0.3, 0.4) is 0 Å². The average Bonchev–Trinajstić information content (AvgIpc) is 2.09. The zero-order valence-corrected chi connectivity index (χ0v) is 8.13. The van der Waals surface area contributed by atoms with Gasteiger partial charge < -0.3 is 9.64 Å². The molecule has 0 aliphatic rings. The number of methoxy groups -OCH3 is 1. The maximum atomic E-state index is 13.2. The van der Waals surface area contributed by atoms with Crippen molar-refractivity contribution in [3.63, 3.8) is 0 Å². The van der Waals surface area contributed by atoms with Crippen LogP contribution in [-0.4, -0.2) is 31.2 Å². The molecule has 0 amide bonds. The van der Waals surface area contributed by atoms with Crippen LogP contribution in [0.4, 0.5) is 10.3 Å². The van der Waals surface area contributed by atoms with E-state index in [1.54, 1.807) is 25.9 Å². The van der Waals surface area contributed by atoms with Gasteiger partial charge in [-0.2, -0.15) is 9.37 Å². The molecule has 0 radical (unpaired) electrons. The lowest BCUT2D eigenvalue weighted by atomic mass is 10.4. The Kier molecular flexibility index (Phi) is 2.65. The monoisotopic (exact) mass is 185 g/mol. The summed E-state index contributed by atoms with van der Waals surface area (Å²) >= 11 is 0. The van der Waals surface area contributed by atoms with Gasteiger partial charge in [0.25, 0.3) is 5.88 Å². The summed E-state index contributed by atoms with van der Waals surface area (Å²) in [6.07, 6.45) is 0. The molecule has 0 fully saturated rings.